The largest absolute Gasteiger partial charge is 0.456 e. The molecule has 0 saturated carbocycles. The summed E-state index contributed by atoms with van der Waals surface area (Å²) in [6.07, 6.45) is 2.80. The number of nitrogens with zero attached hydrogens (tertiary/aromatic N) is 2. The maximum absolute atomic E-state index is 11.8. The van der Waals surface area contributed by atoms with Gasteiger partial charge in [-0.05, 0) is 29.8 Å². The minimum absolute atomic E-state index is 0.00687. The Morgan fingerprint density at radius 2 is 1.96 bits per heavy atom. The van der Waals surface area contributed by atoms with Gasteiger partial charge in [0.2, 0.25) is 0 Å². The van der Waals surface area contributed by atoms with Crippen molar-refractivity contribution in [2.24, 2.45) is 0 Å². The molecular weight excluding hydrogens is 388 g/mol. The van der Waals surface area contributed by atoms with Crippen molar-refractivity contribution in [3.63, 3.8) is 0 Å². The van der Waals surface area contributed by atoms with Crippen LogP contribution in [0.1, 0.15) is 11.3 Å². The Hall–Kier alpha value is -3.03. The zero-order chi connectivity index (χ0) is 19.2. The van der Waals surface area contributed by atoms with E-state index < -0.39 is 10.9 Å². The average molecular weight is 401 g/mol. The van der Waals surface area contributed by atoms with Crippen LogP contribution in [-0.4, -0.2) is 15.9 Å². The normalized spacial score (nSPS) is 10.9. The van der Waals surface area contributed by atoms with E-state index in [1.165, 1.54) is 35.6 Å². The molecule has 2 aromatic carbocycles. The molecule has 3 rings (SSSR count). The summed E-state index contributed by atoms with van der Waals surface area (Å²) >= 11 is 7.58. The topological polar surface area (TPSA) is 82.3 Å². The number of nitro benzene ring substituents is 1. The fraction of sp³-hybridized carbons (Fsp3) is 0.0526. The lowest BCUT2D eigenvalue weighted by Crippen LogP contribution is -2.01. The van der Waals surface area contributed by atoms with E-state index in [4.69, 9.17) is 16.3 Å². The number of hydrogen-bond acceptors (Lipinski definition) is 6. The molecule has 0 spiro atoms. The van der Waals surface area contributed by atoms with Gasteiger partial charge in [0.05, 0.1) is 15.6 Å². The zero-order valence-corrected chi connectivity index (χ0v) is 15.4. The van der Waals surface area contributed by atoms with Crippen LogP contribution in [0.2, 0.25) is 5.02 Å². The van der Waals surface area contributed by atoms with Gasteiger partial charge in [0.1, 0.15) is 11.6 Å². The minimum Gasteiger partial charge on any atom is -0.456 e. The van der Waals surface area contributed by atoms with Gasteiger partial charge in [0, 0.05) is 29.2 Å². The molecule has 1 aromatic heterocycles. The fourth-order valence-corrected chi connectivity index (χ4v) is 3.32. The van der Waals surface area contributed by atoms with Gasteiger partial charge in [0.25, 0.3) is 5.69 Å². The minimum atomic E-state index is -0.527. The zero-order valence-electron chi connectivity index (χ0n) is 13.9. The van der Waals surface area contributed by atoms with Gasteiger partial charge in [-0.15, -0.1) is 11.3 Å². The standard InChI is InChI=1S/C19H13ClN2O4S/c20-17-4-2-1-3-16(17)19-21-14(12-27-19)11-26-18(23)10-7-13-5-8-15(9-6-13)22(24)25/h1-10,12H,11H2/b10-7+. The summed E-state index contributed by atoms with van der Waals surface area (Å²) in [5.74, 6) is -0.527. The van der Waals surface area contributed by atoms with Crippen LogP contribution in [-0.2, 0) is 16.1 Å². The molecule has 0 aliphatic carbocycles. The van der Waals surface area contributed by atoms with Crippen molar-refractivity contribution in [2.45, 2.75) is 6.61 Å². The number of rotatable bonds is 6. The molecular formula is C19H13ClN2O4S. The summed E-state index contributed by atoms with van der Waals surface area (Å²) in [5, 5.41) is 13.8. The summed E-state index contributed by atoms with van der Waals surface area (Å²) in [6.45, 7) is 0.0460. The number of aromatic nitrogens is 1. The first kappa shape index (κ1) is 18.8. The van der Waals surface area contributed by atoms with Crippen molar-refractivity contribution in [3.05, 3.63) is 86.4 Å². The van der Waals surface area contributed by atoms with Crippen LogP contribution < -0.4 is 0 Å². The van der Waals surface area contributed by atoms with Crippen LogP contribution in [0.15, 0.2) is 60.0 Å². The molecule has 27 heavy (non-hydrogen) atoms. The van der Waals surface area contributed by atoms with Crippen LogP contribution in [0.5, 0.6) is 0 Å². The number of benzene rings is 2. The third kappa shape index (κ3) is 4.99. The van der Waals surface area contributed by atoms with Gasteiger partial charge < -0.3 is 4.74 Å². The number of hydrogen-bond donors (Lipinski definition) is 0. The van der Waals surface area contributed by atoms with Crippen molar-refractivity contribution in [1.29, 1.82) is 0 Å². The van der Waals surface area contributed by atoms with E-state index in [2.05, 4.69) is 4.98 Å². The highest BCUT2D eigenvalue weighted by molar-refractivity contribution is 7.13. The quantitative estimate of drug-likeness (QED) is 0.248. The second-order valence-electron chi connectivity index (χ2n) is 5.41. The van der Waals surface area contributed by atoms with Gasteiger partial charge in [-0.3, -0.25) is 10.1 Å². The smallest absolute Gasteiger partial charge is 0.331 e. The van der Waals surface area contributed by atoms with Gasteiger partial charge >= 0.3 is 5.97 Å². The molecule has 6 nitrogen and oxygen atoms in total. The maximum Gasteiger partial charge on any atom is 0.331 e. The van der Waals surface area contributed by atoms with Crippen LogP contribution in [0, 0.1) is 10.1 Å². The van der Waals surface area contributed by atoms with E-state index in [9.17, 15) is 14.9 Å². The maximum atomic E-state index is 11.8. The highest BCUT2D eigenvalue weighted by atomic mass is 35.5. The Balaban J connectivity index is 1.56. The van der Waals surface area contributed by atoms with E-state index >= 15 is 0 Å². The average Bonchev–Trinajstić information content (AvgIpc) is 3.14. The lowest BCUT2D eigenvalue weighted by Gasteiger charge is -2.00. The van der Waals surface area contributed by atoms with Crippen molar-refractivity contribution in [1.82, 2.24) is 4.98 Å². The van der Waals surface area contributed by atoms with E-state index in [1.807, 2.05) is 23.6 Å². The molecule has 0 N–H and O–H groups in total. The van der Waals surface area contributed by atoms with Gasteiger partial charge in [-0.1, -0.05) is 29.8 Å². The number of esters is 1. The van der Waals surface area contributed by atoms with Gasteiger partial charge in [-0.25, -0.2) is 9.78 Å². The Bertz CT molecular complexity index is 999. The number of nitro groups is 1. The highest BCUT2D eigenvalue weighted by Crippen LogP contribution is 2.30. The number of carbonyl (C=O) groups excluding carboxylic acids is 1. The summed E-state index contributed by atoms with van der Waals surface area (Å²) in [4.78, 5) is 26.4. The second-order valence-corrected chi connectivity index (χ2v) is 6.68. The number of non-ortho nitro benzene ring substituents is 1. The van der Waals surface area contributed by atoms with Crippen molar-refractivity contribution in [3.8, 4) is 10.6 Å². The molecule has 0 fully saturated rings. The molecule has 0 amide bonds. The number of ether oxygens (including phenoxy) is 1. The van der Waals surface area contributed by atoms with E-state index in [0.717, 1.165) is 10.6 Å². The van der Waals surface area contributed by atoms with Crippen LogP contribution in [0.4, 0.5) is 5.69 Å². The molecule has 8 heteroatoms. The monoisotopic (exact) mass is 400 g/mol. The number of halogens is 1. The molecule has 0 bridgehead atoms. The second kappa shape index (κ2) is 8.57. The fourth-order valence-electron chi connectivity index (χ4n) is 2.20. The summed E-state index contributed by atoms with van der Waals surface area (Å²) < 4.78 is 5.17. The van der Waals surface area contributed by atoms with Crippen LogP contribution in [0.3, 0.4) is 0 Å². The van der Waals surface area contributed by atoms with Crippen LogP contribution in [0.25, 0.3) is 16.6 Å². The molecule has 0 radical (unpaired) electrons. The molecule has 0 saturated heterocycles. The molecule has 136 valence electrons. The first-order valence-corrected chi connectivity index (χ1v) is 9.07. The van der Waals surface area contributed by atoms with Crippen molar-refractivity contribution >= 4 is 40.7 Å². The predicted octanol–water partition coefficient (Wildman–Crippen LogP) is 5.13. The first-order valence-electron chi connectivity index (χ1n) is 7.81. The third-order valence-corrected chi connectivity index (χ3v) is 4.79. The first-order chi connectivity index (χ1) is 13.0. The number of thiazole rings is 1. The van der Waals surface area contributed by atoms with Crippen molar-refractivity contribution in [2.75, 3.05) is 0 Å². The SMILES string of the molecule is O=C(/C=C/c1ccc([N+](=O)[O-])cc1)OCc1csc(-c2ccccc2Cl)n1. The summed E-state index contributed by atoms with van der Waals surface area (Å²) in [7, 11) is 0. The van der Waals surface area contributed by atoms with Crippen molar-refractivity contribution < 1.29 is 14.5 Å². The molecule has 0 atom stereocenters. The van der Waals surface area contributed by atoms with Crippen LogP contribution >= 0.6 is 22.9 Å². The Morgan fingerprint density at radius 3 is 2.67 bits per heavy atom. The molecule has 0 unspecified atom stereocenters. The molecule has 3 aromatic rings. The molecule has 0 aliphatic heterocycles. The van der Waals surface area contributed by atoms with E-state index in [-0.39, 0.29) is 12.3 Å². The Kier molecular flexibility index (Phi) is 5.95. The summed E-state index contributed by atoms with van der Waals surface area (Å²) in [5.41, 5.74) is 2.12. The van der Waals surface area contributed by atoms with E-state index in [1.54, 1.807) is 18.2 Å². The third-order valence-electron chi connectivity index (χ3n) is 3.53. The Morgan fingerprint density at radius 1 is 1.22 bits per heavy atom. The molecule has 1 heterocycles. The Labute approximate surface area is 163 Å². The highest BCUT2D eigenvalue weighted by Gasteiger charge is 2.09. The molecule has 0 aliphatic rings. The summed E-state index contributed by atoms with van der Waals surface area (Å²) in [6, 6.07) is 13.2. The van der Waals surface area contributed by atoms with E-state index in [0.29, 0.717) is 16.3 Å². The lowest BCUT2D eigenvalue weighted by atomic mass is 10.2. The van der Waals surface area contributed by atoms with Gasteiger partial charge in [-0.2, -0.15) is 0 Å². The van der Waals surface area contributed by atoms with Gasteiger partial charge in [0.15, 0.2) is 0 Å². The lowest BCUT2D eigenvalue weighted by molar-refractivity contribution is -0.384. The predicted molar refractivity (Wildman–Crippen MR) is 104 cm³/mol. The number of carbonyl (C=O) groups is 1.